The minimum atomic E-state index is -1.10. The molecule has 7 nitrogen and oxygen atoms in total. The Balaban J connectivity index is 2.42. The van der Waals surface area contributed by atoms with E-state index in [-0.39, 0.29) is 41.1 Å². The predicted octanol–water partition coefficient (Wildman–Crippen LogP) is 3.75. The number of carboxylic acid groups (broad SMARTS) is 1. The first-order chi connectivity index (χ1) is 13.7. The molecule has 1 aromatic carbocycles. The molecule has 0 heterocycles. The third kappa shape index (κ3) is 6.07. The van der Waals surface area contributed by atoms with E-state index in [1.807, 2.05) is 33.8 Å². The lowest BCUT2D eigenvalue weighted by Crippen LogP contribution is -2.30. The van der Waals surface area contributed by atoms with Crippen molar-refractivity contribution in [2.45, 2.75) is 47.0 Å². The van der Waals surface area contributed by atoms with E-state index in [1.54, 1.807) is 12.1 Å². The summed E-state index contributed by atoms with van der Waals surface area (Å²) in [5.41, 5.74) is 0.845. The zero-order valence-corrected chi connectivity index (χ0v) is 17.4. The molecule has 2 N–H and O–H groups in total. The molecule has 158 valence electrons. The van der Waals surface area contributed by atoms with Crippen LogP contribution < -0.4 is 9.47 Å². The molecule has 0 saturated carbocycles. The van der Waals surface area contributed by atoms with Crippen LogP contribution in [0.5, 0.6) is 11.5 Å². The fourth-order valence-corrected chi connectivity index (χ4v) is 3.40. The second-order valence-electron chi connectivity index (χ2n) is 7.74. The third-order valence-electron chi connectivity index (χ3n) is 4.53. The van der Waals surface area contributed by atoms with Gasteiger partial charge in [0.25, 0.3) is 0 Å². The number of carbonyl (C=O) groups excluding carboxylic acids is 1. The summed E-state index contributed by atoms with van der Waals surface area (Å²) in [6.45, 7) is 8.05. The van der Waals surface area contributed by atoms with E-state index in [2.05, 4.69) is 4.99 Å². The number of carbonyl (C=O) groups is 2. The molecule has 0 aliphatic heterocycles. The molecule has 1 aliphatic carbocycles. The van der Waals surface area contributed by atoms with Gasteiger partial charge >= 0.3 is 5.97 Å². The van der Waals surface area contributed by atoms with E-state index in [1.165, 1.54) is 0 Å². The summed E-state index contributed by atoms with van der Waals surface area (Å²) in [6, 6.07) is 5.39. The fourth-order valence-electron chi connectivity index (χ4n) is 3.40. The molecule has 0 spiro atoms. The molecule has 0 saturated heterocycles. The Morgan fingerprint density at radius 1 is 1.14 bits per heavy atom. The molecule has 0 unspecified atom stereocenters. The number of benzene rings is 1. The fraction of sp³-hybridized carbons (Fsp3) is 0.500. The number of aliphatic imine (C=N–C) groups is 1. The third-order valence-corrected chi connectivity index (χ3v) is 4.53. The van der Waals surface area contributed by atoms with Gasteiger partial charge in [0.1, 0.15) is 12.3 Å². The van der Waals surface area contributed by atoms with Crippen LogP contribution in [0.25, 0.3) is 0 Å². The monoisotopic (exact) mass is 403 g/mol. The van der Waals surface area contributed by atoms with Crippen molar-refractivity contribution in [1.82, 2.24) is 0 Å². The molecular formula is C22H29NO6. The average molecular weight is 403 g/mol. The second kappa shape index (κ2) is 9.58. The molecule has 0 amide bonds. The van der Waals surface area contributed by atoms with Crippen LogP contribution in [0, 0.1) is 5.41 Å². The number of nitrogens with zero attached hydrogens (tertiary/aromatic N) is 1. The smallest absolute Gasteiger partial charge is 0.325 e. The Bertz CT molecular complexity index is 838. The van der Waals surface area contributed by atoms with Crippen molar-refractivity contribution in [2.24, 2.45) is 10.4 Å². The largest absolute Gasteiger partial charge is 0.511 e. The number of ketones is 1. The Kier molecular flexibility index (Phi) is 7.42. The van der Waals surface area contributed by atoms with Gasteiger partial charge in [-0.1, -0.05) is 19.9 Å². The highest BCUT2D eigenvalue weighted by Gasteiger charge is 2.35. The van der Waals surface area contributed by atoms with Crippen molar-refractivity contribution in [3.63, 3.8) is 0 Å². The molecule has 2 rings (SSSR count). The zero-order chi connectivity index (χ0) is 21.6. The van der Waals surface area contributed by atoms with E-state index < -0.39 is 12.5 Å². The molecule has 1 aliphatic rings. The molecule has 0 radical (unpaired) electrons. The van der Waals surface area contributed by atoms with Gasteiger partial charge in [-0.25, -0.2) is 0 Å². The number of hydrogen-bond donors (Lipinski definition) is 2. The topological polar surface area (TPSA) is 105 Å². The van der Waals surface area contributed by atoms with Crippen LogP contribution in [-0.4, -0.2) is 47.4 Å². The quantitative estimate of drug-likeness (QED) is 0.608. The summed E-state index contributed by atoms with van der Waals surface area (Å²) in [6.07, 6.45) is 0.810. The first-order valence-electron chi connectivity index (χ1n) is 9.76. The van der Waals surface area contributed by atoms with Crippen molar-refractivity contribution in [2.75, 3.05) is 19.8 Å². The van der Waals surface area contributed by atoms with Gasteiger partial charge in [0, 0.05) is 19.3 Å². The van der Waals surface area contributed by atoms with Gasteiger partial charge in [0.15, 0.2) is 17.3 Å². The first kappa shape index (κ1) is 22.5. The highest BCUT2D eigenvalue weighted by molar-refractivity contribution is 6.24. The van der Waals surface area contributed by atoms with Gasteiger partial charge in [-0.15, -0.1) is 0 Å². The number of aliphatic hydroxyl groups is 1. The van der Waals surface area contributed by atoms with Crippen LogP contribution in [0.1, 0.15) is 46.1 Å². The number of allylic oxidation sites excluding steroid dienone is 2. The Morgan fingerprint density at radius 2 is 1.79 bits per heavy atom. The number of rotatable bonds is 9. The van der Waals surface area contributed by atoms with E-state index in [4.69, 9.17) is 14.6 Å². The highest BCUT2D eigenvalue weighted by atomic mass is 16.5. The normalized spacial score (nSPS) is 16.7. The molecule has 0 bridgehead atoms. The lowest BCUT2D eigenvalue weighted by atomic mass is 9.75. The van der Waals surface area contributed by atoms with E-state index in [0.717, 1.165) is 5.56 Å². The zero-order valence-electron chi connectivity index (χ0n) is 17.4. The van der Waals surface area contributed by atoms with Gasteiger partial charge in [-0.3, -0.25) is 14.6 Å². The number of ether oxygens (including phenoxy) is 2. The van der Waals surface area contributed by atoms with Crippen LogP contribution in [-0.2, 0) is 16.0 Å². The molecule has 1 aromatic rings. The Hall–Kier alpha value is -2.83. The number of Topliss-reactive ketones (excluding diaryl/α,β-unsaturated/α-hetero) is 1. The molecule has 0 fully saturated rings. The number of carboxylic acids is 1. The van der Waals surface area contributed by atoms with Crippen molar-refractivity contribution in [1.29, 1.82) is 0 Å². The SMILES string of the molecule is CCOc1ccc(CC(=NCC(=O)O)C2=C(O)CC(C)(C)CC2=O)cc1OCC. The van der Waals surface area contributed by atoms with Gasteiger partial charge in [0.05, 0.1) is 24.5 Å². The first-order valence-corrected chi connectivity index (χ1v) is 9.76. The van der Waals surface area contributed by atoms with Crippen LogP contribution in [0.3, 0.4) is 0 Å². The molecule has 0 aromatic heterocycles. The molecular weight excluding hydrogens is 374 g/mol. The van der Waals surface area contributed by atoms with E-state index in [0.29, 0.717) is 31.1 Å². The summed E-state index contributed by atoms with van der Waals surface area (Å²) in [7, 11) is 0. The van der Waals surface area contributed by atoms with Gasteiger partial charge in [0.2, 0.25) is 0 Å². The van der Waals surface area contributed by atoms with Crippen molar-refractivity contribution >= 4 is 17.5 Å². The Labute approximate surface area is 171 Å². The van der Waals surface area contributed by atoms with Crippen LogP contribution in [0.15, 0.2) is 34.5 Å². The number of aliphatic hydroxyl groups excluding tert-OH is 1. The molecule has 29 heavy (non-hydrogen) atoms. The van der Waals surface area contributed by atoms with Gasteiger partial charge in [-0.05, 0) is 37.0 Å². The Morgan fingerprint density at radius 3 is 2.38 bits per heavy atom. The van der Waals surface area contributed by atoms with Crippen LogP contribution >= 0.6 is 0 Å². The lowest BCUT2D eigenvalue weighted by molar-refractivity contribution is -0.135. The highest BCUT2D eigenvalue weighted by Crippen LogP contribution is 2.37. The minimum absolute atomic E-state index is 0.0358. The second-order valence-corrected chi connectivity index (χ2v) is 7.74. The van der Waals surface area contributed by atoms with E-state index >= 15 is 0 Å². The summed E-state index contributed by atoms with van der Waals surface area (Å²) < 4.78 is 11.2. The van der Waals surface area contributed by atoms with Crippen molar-refractivity contribution in [3.8, 4) is 11.5 Å². The van der Waals surface area contributed by atoms with Gasteiger partial charge < -0.3 is 19.7 Å². The standard InChI is InChI=1S/C22H29NO6/c1-5-28-18-8-7-14(10-19(18)29-6-2)9-15(23-13-20(26)27)21-16(24)11-22(3,4)12-17(21)25/h7-8,10,24H,5-6,9,11-13H2,1-4H3,(H,26,27). The minimum Gasteiger partial charge on any atom is -0.511 e. The lowest BCUT2D eigenvalue weighted by Gasteiger charge is -2.30. The van der Waals surface area contributed by atoms with Gasteiger partial charge in [-0.2, -0.15) is 0 Å². The molecule has 0 atom stereocenters. The maximum Gasteiger partial charge on any atom is 0.325 e. The van der Waals surface area contributed by atoms with E-state index in [9.17, 15) is 14.7 Å². The summed E-state index contributed by atoms with van der Waals surface area (Å²) >= 11 is 0. The van der Waals surface area contributed by atoms with Crippen LogP contribution in [0.4, 0.5) is 0 Å². The van der Waals surface area contributed by atoms with Crippen molar-refractivity contribution in [3.05, 3.63) is 35.1 Å². The van der Waals surface area contributed by atoms with Crippen LogP contribution in [0.2, 0.25) is 0 Å². The van der Waals surface area contributed by atoms with Crippen molar-refractivity contribution < 1.29 is 29.3 Å². The molecule has 7 heteroatoms. The average Bonchev–Trinajstić information content (AvgIpc) is 2.60. The number of hydrogen-bond acceptors (Lipinski definition) is 6. The summed E-state index contributed by atoms with van der Waals surface area (Å²) in [5.74, 6) is -0.184. The number of aliphatic carboxylic acids is 1. The summed E-state index contributed by atoms with van der Waals surface area (Å²) in [4.78, 5) is 27.9. The predicted molar refractivity (Wildman–Crippen MR) is 110 cm³/mol. The maximum atomic E-state index is 12.7. The maximum absolute atomic E-state index is 12.7. The summed E-state index contributed by atoms with van der Waals surface area (Å²) in [5, 5.41) is 19.6.